The second kappa shape index (κ2) is 4.33. The molecule has 1 amide bonds. The Morgan fingerprint density at radius 2 is 2.00 bits per heavy atom. The van der Waals surface area contributed by atoms with Crippen LogP contribution in [0, 0.1) is 5.41 Å². The zero-order valence-corrected chi connectivity index (χ0v) is 10.8. The fourth-order valence-corrected chi connectivity index (χ4v) is 3.27. The van der Waals surface area contributed by atoms with Crippen LogP contribution < -0.4 is 11.1 Å². The number of hydrogen-bond donors (Lipinski definition) is 2. The molecule has 0 aromatic carbocycles. The van der Waals surface area contributed by atoms with Crippen LogP contribution >= 0.6 is 0 Å². The number of amides is 1. The van der Waals surface area contributed by atoms with E-state index in [4.69, 9.17) is 5.73 Å². The highest BCUT2D eigenvalue weighted by Crippen LogP contribution is 2.18. The molecule has 0 saturated carbocycles. The van der Waals surface area contributed by atoms with Gasteiger partial charge in [-0.25, -0.2) is 8.42 Å². The maximum atomic E-state index is 11.7. The molecule has 1 aliphatic rings. The van der Waals surface area contributed by atoms with Crippen LogP contribution in [0.3, 0.4) is 0 Å². The van der Waals surface area contributed by atoms with Gasteiger partial charge < -0.3 is 11.1 Å². The highest BCUT2D eigenvalue weighted by atomic mass is 32.2. The second-order valence-electron chi connectivity index (χ2n) is 5.45. The Bertz CT molecular complexity index is 370. The average molecular weight is 248 g/mol. The molecule has 1 aliphatic heterocycles. The van der Waals surface area contributed by atoms with Gasteiger partial charge in [-0.2, -0.15) is 0 Å². The number of nitrogens with one attached hydrogen (secondary N) is 1. The maximum Gasteiger partial charge on any atom is 0.237 e. The largest absolute Gasteiger partial charge is 0.351 e. The number of nitrogens with two attached hydrogens (primary N) is 1. The molecule has 1 saturated heterocycles. The molecule has 1 fully saturated rings. The van der Waals surface area contributed by atoms with Crippen molar-refractivity contribution in [1.29, 1.82) is 0 Å². The van der Waals surface area contributed by atoms with Crippen molar-refractivity contribution in [2.24, 2.45) is 11.1 Å². The summed E-state index contributed by atoms with van der Waals surface area (Å²) >= 11 is 0. The summed E-state index contributed by atoms with van der Waals surface area (Å²) in [7, 11) is -2.96. The van der Waals surface area contributed by atoms with Crippen LogP contribution in [0.4, 0.5) is 0 Å². The SMILES string of the molecule is CC(C)(C)[C@H](N)C(=O)NC1CCS(=O)(=O)C1. The van der Waals surface area contributed by atoms with E-state index in [1.165, 1.54) is 0 Å². The Kier molecular flexibility index (Phi) is 3.64. The molecular formula is C10H20N2O3S. The van der Waals surface area contributed by atoms with Crippen LogP contribution in [0.15, 0.2) is 0 Å². The van der Waals surface area contributed by atoms with Gasteiger partial charge in [0.1, 0.15) is 0 Å². The van der Waals surface area contributed by atoms with Crippen molar-refractivity contribution in [3.05, 3.63) is 0 Å². The quantitative estimate of drug-likeness (QED) is 0.700. The monoisotopic (exact) mass is 248 g/mol. The molecule has 1 rings (SSSR count). The topological polar surface area (TPSA) is 89.3 Å². The highest BCUT2D eigenvalue weighted by molar-refractivity contribution is 7.91. The summed E-state index contributed by atoms with van der Waals surface area (Å²) in [6, 6.07) is -0.887. The van der Waals surface area contributed by atoms with Crippen molar-refractivity contribution < 1.29 is 13.2 Å². The van der Waals surface area contributed by atoms with Crippen LogP contribution in [0.2, 0.25) is 0 Å². The summed E-state index contributed by atoms with van der Waals surface area (Å²) in [5.74, 6) is -0.0761. The van der Waals surface area contributed by atoms with Gasteiger partial charge in [-0.05, 0) is 11.8 Å². The summed E-state index contributed by atoms with van der Waals surface area (Å²) in [4.78, 5) is 11.7. The first-order valence-corrected chi connectivity index (χ1v) is 7.20. The molecule has 1 heterocycles. The smallest absolute Gasteiger partial charge is 0.237 e. The van der Waals surface area contributed by atoms with Gasteiger partial charge in [0.2, 0.25) is 5.91 Å². The van der Waals surface area contributed by atoms with Gasteiger partial charge >= 0.3 is 0 Å². The number of carbonyl (C=O) groups is 1. The third kappa shape index (κ3) is 3.45. The third-order valence-corrected chi connectivity index (χ3v) is 4.56. The van der Waals surface area contributed by atoms with E-state index < -0.39 is 15.9 Å². The van der Waals surface area contributed by atoms with Crippen LogP contribution in [0.5, 0.6) is 0 Å². The van der Waals surface area contributed by atoms with Crippen LogP contribution in [-0.2, 0) is 14.6 Å². The zero-order chi connectivity index (χ0) is 12.6. The Balaban J connectivity index is 2.54. The van der Waals surface area contributed by atoms with E-state index in [9.17, 15) is 13.2 Å². The van der Waals surface area contributed by atoms with Gasteiger partial charge in [-0.1, -0.05) is 20.8 Å². The van der Waals surface area contributed by atoms with Crippen LogP contribution in [0.25, 0.3) is 0 Å². The van der Waals surface area contributed by atoms with E-state index in [1.54, 1.807) is 0 Å². The van der Waals surface area contributed by atoms with Gasteiger partial charge in [-0.15, -0.1) is 0 Å². The van der Waals surface area contributed by atoms with Gasteiger partial charge in [0, 0.05) is 6.04 Å². The first-order valence-electron chi connectivity index (χ1n) is 5.38. The van der Waals surface area contributed by atoms with Crippen molar-refractivity contribution in [2.75, 3.05) is 11.5 Å². The molecule has 0 radical (unpaired) electrons. The normalized spacial score (nSPS) is 26.4. The summed E-state index contributed by atoms with van der Waals surface area (Å²) in [6.45, 7) is 5.63. The summed E-state index contributed by atoms with van der Waals surface area (Å²) in [6.07, 6.45) is 0.491. The zero-order valence-electron chi connectivity index (χ0n) is 9.99. The predicted molar refractivity (Wildman–Crippen MR) is 62.6 cm³/mol. The molecule has 0 aromatic rings. The minimum absolute atomic E-state index is 0.0373. The lowest BCUT2D eigenvalue weighted by Crippen LogP contribution is -2.51. The molecule has 94 valence electrons. The second-order valence-corrected chi connectivity index (χ2v) is 7.68. The predicted octanol–water partition coefficient (Wildman–Crippen LogP) is -0.337. The fraction of sp³-hybridized carbons (Fsp3) is 0.900. The summed E-state index contributed by atoms with van der Waals surface area (Å²) in [5.41, 5.74) is 5.46. The summed E-state index contributed by atoms with van der Waals surface area (Å²) in [5, 5.41) is 2.70. The van der Waals surface area contributed by atoms with E-state index in [0.29, 0.717) is 6.42 Å². The van der Waals surface area contributed by atoms with E-state index in [2.05, 4.69) is 5.32 Å². The number of sulfone groups is 1. The van der Waals surface area contributed by atoms with E-state index >= 15 is 0 Å². The molecule has 0 aromatic heterocycles. The van der Waals surface area contributed by atoms with Gasteiger partial charge in [-0.3, -0.25) is 4.79 Å². The lowest BCUT2D eigenvalue weighted by atomic mass is 9.87. The lowest BCUT2D eigenvalue weighted by Gasteiger charge is -2.27. The van der Waals surface area contributed by atoms with E-state index in [-0.39, 0.29) is 28.9 Å². The van der Waals surface area contributed by atoms with Crippen molar-refractivity contribution in [3.8, 4) is 0 Å². The number of carbonyl (C=O) groups excluding carboxylic acids is 1. The van der Waals surface area contributed by atoms with Crippen molar-refractivity contribution in [2.45, 2.75) is 39.3 Å². The van der Waals surface area contributed by atoms with Gasteiger partial charge in [0.25, 0.3) is 0 Å². The molecule has 5 nitrogen and oxygen atoms in total. The van der Waals surface area contributed by atoms with E-state index in [1.807, 2.05) is 20.8 Å². The Labute approximate surface area is 96.7 Å². The van der Waals surface area contributed by atoms with Crippen molar-refractivity contribution in [3.63, 3.8) is 0 Å². The molecule has 2 atom stereocenters. The maximum absolute atomic E-state index is 11.7. The minimum atomic E-state index is -2.96. The number of hydrogen-bond acceptors (Lipinski definition) is 4. The first kappa shape index (κ1) is 13.4. The molecule has 0 spiro atoms. The molecule has 0 aliphatic carbocycles. The highest BCUT2D eigenvalue weighted by Gasteiger charge is 2.33. The Hall–Kier alpha value is -0.620. The molecule has 1 unspecified atom stereocenters. The molecular weight excluding hydrogens is 228 g/mol. The van der Waals surface area contributed by atoms with Crippen LogP contribution in [-0.4, -0.2) is 37.9 Å². The number of rotatable bonds is 2. The average Bonchev–Trinajstić information content (AvgIpc) is 2.42. The first-order chi connectivity index (χ1) is 7.12. The lowest BCUT2D eigenvalue weighted by molar-refractivity contribution is -0.125. The van der Waals surface area contributed by atoms with Crippen molar-refractivity contribution in [1.82, 2.24) is 5.32 Å². The van der Waals surface area contributed by atoms with Crippen LogP contribution in [0.1, 0.15) is 27.2 Å². The Morgan fingerprint density at radius 1 is 1.44 bits per heavy atom. The standard InChI is InChI=1S/C10H20N2O3S/c1-10(2,3)8(11)9(13)12-7-4-5-16(14,15)6-7/h7-8H,4-6,11H2,1-3H3,(H,12,13)/t7?,8-/m1/s1. The summed E-state index contributed by atoms with van der Waals surface area (Å²) < 4.78 is 22.4. The minimum Gasteiger partial charge on any atom is -0.351 e. The van der Waals surface area contributed by atoms with Crippen molar-refractivity contribution >= 4 is 15.7 Å². The van der Waals surface area contributed by atoms with E-state index in [0.717, 1.165) is 0 Å². The molecule has 3 N–H and O–H groups in total. The fourth-order valence-electron chi connectivity index (χ4n) is 1.59. The van der Waals surface area contributed by atoms with Gasteiger partial charge in [0.05, 0.1) is 17.5 Å². The third-order valence-electron chi connectivity index (χ3n) is 2.79. The molecule has 16 heavy (non-hydrogen) atoms. The molecule has 6 heteroatoms. The molecule has 0 bridgehead atoms. The van der Waals surface area contributed by atoms with Gasteiger partial charge in [0.15, 0.2) is 9.84 Å². The Morgan fingerprint density at radius 3 is 2.38 bits per heavy atom.